The van der Waals surface area contributed by atoms with Crippen molar-refractivity contribution in [2.45, 2.75) is 6.92 Å². The van der Waals surface area contributed by atoms with Gasteiger partial charge in [-0.1, -0.05) is 23.7 Å². The van der Waals surface area contributed by atoms with Gasteiger partial charge in [0.05, 0.1) is 17.2 Å². The summed E-state index contributed by atoms with van der Waals surface area (Å²) in [5, 5.41) is 3.35. The van der Waals surface area contributed by atoms with Crippen LogP contribution in [0, 0.1) is 0 Å². The third kappa shape index (κ3) is 4.55. The highest BCUT2D eigenvalue weighted by Gasteiger charge is 2.12. The van der Waals surface area contributed by atoms with Gasteiger partial charge in [-0.25, -0.2) is 4.98 Å². The van der Waals surface area contributed by atoms with Crippen molar-refractivity contribution in [3.8, 4) is 23.0 Å². The van der Waals surface area contributed by atoms with Crippen LogP contribution < -0.4 is 14.8 Å². The summed E-state index contributed by atoms with van der Waals surface area (Å²) in [5.74, 6) is 1.49. The Morgan fingerprint density at radius 1 is 1.03 bits per heavy atom. The summed E-state index contributed by atoms with van der Waals surface area (Å²) < 4.78 is 16.7. The van der Waals surface area contributed by atoms with E-state index in [1.807, 2.05) is 25.1 Å². The molecule has 0 radical (unpaired) electrons. The van der Waals surface area contributed by atoms with Crippen molar-refractivity contribution in [3.63, 3.8) is 0 Å². The number of aromatic nitrogens is 1. The van der Waals surface area contributed by atoms with E-state index in [0.29, 0.717) is 45.6 Å². The summed E-state index contributed by atoms with van der Waals surface area (Å²) in [5.41, 5.74) is 2.53. The molecule has 7 heteroatoms. The second-order valence-electron chi connectivity index (χ2n) is 6.42. The van der Waals surface area contributed by atoms with Crippen LogP contribution >= 0.6 is 11.6 Å². The Balaban J connectivity index is 1.41. The van der Waals surface area contributed by atoms with E-state index < -0.39 is 0 Å². The second-order valence-corrected chi connectivity index (χ2v) is 6.83. The molecule has 0 saturated carbocycles. The van der Waals surface area contributed by atoms with E-state index >= 15 is 0 Å². The van der Waals surface area contributed by atoms with Crippen LogP contribution in [0.15, 0.2) is 71.1 Å². The summed E-state index contributed by atoms with van der Waals surface area (Å²) in [7, 11) is 0. The van der Waals surface area contributed by atoms with Gasteiger partial charge in [-0.2, -0.15) is 0 Å². The van der Waals surface area contributed by atoms with Crippen LogP contribution in [-0.2, 0) is 4.79 Å². The average molecular weight is 423 g/mol. The number of carbonyl (C=O) groups is 1. The van der Waals surface area contributed by atoms with E-state index in [1.165, 1.54) is 0 Å². The fourth-order valence-electron chi connectivity index (χ4n) is 2.90. The Bertz CT molecular complexity index is 1170. The first-order valence-electron chi connectivity index (χ1n) is 9.43. The third-order valence-electron chi connectivity index (χ3n) is 4.28. The molecule has 1 heterocycles. The lowest BCUT2D eigenvalue weighted by Crippen LogP contribution is -2.20. The maximum absolute atomic E-state index is 12.2. The molecular formula is C23H19ClN2O4. The SMILES string of the molecule is CCOc1ccc(OCC(=O)Nc2ccc3nc(-c4ccccc4Cl)oc3c2)cc1. The molecule has 1 aromatic heterocycles. The molecule has 4 rings (SSSR count). The number of halogens is 1. The monoisotopic (exact) mass is 422 g/mol. The highest BCUT2D eigenvalue weighted by Crippen LogP contribution is 2.30. The van der Waals surface area contributed by atoms with E-state index in [4.69, 9.17) is 25.5 Å². The summed E-state index contributed by atoms with van der Waals surface area (Å²) in [6.45, 7) is 2.40. The standard InChI is InChI=1S/C23H19ClN2O4/c1-2-28-16-8-10-17(11-9-16)29-14-22(27)25-15-7-12-20-21(13-15)30-23(26-20)18-5-3-4-6-19(18)24/h3-13H,2,14H2,1H3,(H,25,27). The minimum absolute atomic E-state index is 0.118. The maximum Gasteiger partial charge on any atom is 0.262 e. The Kier molecular flexibility index (Phi) is 5.86. The minimum atomic E-state index is -0.283. The van der Waals surface area contributed by atoms with Crippen LogP contribution in [-0.4, -0.2) is 24.1 Å². The number of nitrogens with zero attached hydrogens (tertiary/aromatic N) is 1. The largest absolute Gasteiger partial charge is 0.494 e. The number of anilines is 1. The van der Waals surface area contributed by atoms with Crippen molar-refractivity contribution in [1.82, 2.24) is 4.98 Å². The predicted molar refractivity (Wildman–Crippen MR) is 116 cm³/mol. The molecule has 4 aromatic rings. The van der Waals surface area contributed by atoms with Gasteiger partial charge in [0.2, 0.25) is 5.89 Å². The molecule has 152 valence electrons. The van der Waals surface area contributed by atoms with E-state index in [9.17, 15) is 4.79 Å². The van der Waals surface area contributed by atoms with E-state index in [2.05, 4.69) is 10.3 Å². The lowest BCUT2D eigenvalue weighted by atomic mass is 10.2. The second kappa shape index (κ2) is 8.88. The van der Waals surface area contributed by atoms with Gasteiger partial charge in [-0.3, -0.25) is 4.79 Å². The van der Waals surface area contributed by atoms with E-state index in [0.717, 1.165) is 5.75 Å². The summed E-state index contributed by atoms with van der Waals surface area (Å²) in [6, 6.07) is 19.7. The molecule has 0 saturated heterocycles. The van der Waals surface area contributed by atoms with Gasteiger partial charge in [-0.15, -0.1) is 0 Å². The molecule has 3 aromatic carbocycles. The Morgan fingerprint density at radius 3 is 2.50 bits per heavy atom. The molecule has 0 atom stereocenters. The highest BCUT2D eigenvalue weighted by molar-refractivity contribution is 6.33. The quantitative estimate of drug-likeness (QED) is 0.421. The minimum Gasteiger partial charge on any atom is -0.494 e. The molecule has 0 aliphatic carbocycles. The molecule has 0 spiro atoms. The molecule has 6 nitrogen and oxygen atoms in total. The van der Waals surface area contributed by atoms with E-state index in [-0.39, 0.29) is 12.5 Å². The molecule has 1 N–H and O–H groups in total. The van der Waals surface area contributed by atoms with Gasteiger partial charge >= 0.3 is 0 Å². The lowest BCUT2D eigenvalue weighted by Gasteiger charge is -2.08. The molecular weight excluding hydrogens is 404 g/mol. The summed E-state index contributed by atoms with van der Waals surface area (Å²) in [4.78, 5) is 16.7. The number of fused-ring (bicyclic) bond motifs is 1. The third-order valence-corrected chi connectivity index (χ3v) is 4.61. The van der Waals surface area contributed by atoms with Crippen LogP contribution in [0.4, 0.5) is 5.69 Å². The van der Waals surface area contributed by atoms with E-state index in [1.54, 1.807) is 48.5 Å². The van der Waals surface area contributed by atoms with Crippen molar-refractivity contribution in [3.05, 3.63) is 71.8 Å². The first-order chi connectivity index (χ1) is 14.6. The lowest BCUT2D eigenvalue weighted by molar-refractivity contribution is -0.118. The fourth-order valence-corrected chi connectivity index (χ4v) is 3.11. The predicted octanol–water partition coefficient (Wildman–Crippen LogP) is 5.56. The Labute approximate surface area is 178 Å². The topological polar surface area (TPSA) is 73.6 Å². The van der Waals surface area contributed by atoms with Crippen molar-refractivity contribution in [1.29, 1.82) is 0 Å². The first-order valence-corrected chi connectivity index (χ1v) is 9.81. The van der Waals surface area contributed by atoms with Crippen molar-refractivity contribution >= 4 is 34.3 Å². The average Bonchev–Trinajstić information content (AvgIpc) is 3.17. The van der Waals surface area contributed by atoms with Gasteiger partial charge in [-0.05, 0) is 55.5 Å². The van der Waals surface area contributed by atoms with Gasteiger partial charge in [0.15, 0.2) is 12.2 Å². The van der Waals surface area contributed by atoms with Crippen LogP contribution in [0.25, 0.3) is 22.6 Å². The molecule has 0 aliphatic heterocycles. The summed E-state index contributed by atoms with van der Waals surface area (Å²) in [6.07, 6.45) is 0. The molecule has 0 aliphatic rings. The van der Waals surface area contributed by atoms with Crippen molar-refractivity contribution < 1.29 is 18.7 Å². The summed E-state index contributed by atoms with van der Waals surface area (Å²) >= 11 is 6.22. The molecule has 30 heavy (non-hydrogen) atoms. The first kappa shape index (κ1) is 19.8. The van der Waals surface area contributed by atoms with Crippen LogP contribution in [0.1, 0.15) is 6.92 Å². The Hall–Kier alpha value is -3.51. The van der Waals surface area contributed by atoms with Gasteiger partial charge in [0.1, 0.15) is 17.0 Å². The number of amides is 1. The molecule has 0 fully saturated rings. The van der Waals surface area contributed by atoms with Gasteiger partial charge < -0.3 is 19.2 Å². The molecule has 1 amide bonds. The highest BCUT2D eigenvalue weighted by atomic mass is 35.5. The zero-order valence-electron chi connectivity index (χ0n) is 16.2. The number of carbonyl (C=O) groups excluding carboxylic acids is 1. The maximum atomic E-state index is 12.2. The number of hydrogen-bond acceptors (Lipinski definition) is 5. The van der Waals surface area contributed by atoms with Crippen molar-refractivity contribution in [2.24, 2.45) is 0 Å². The zero-order chi connectivity index (χ0) is 20.9. The fraction of sp³-hybridized carbons (Fsp3) is 0.130. The van der Waals surface area contributed by atoms with Crippen LogP contribution in [0.3, 0.4) is 0 Å². The normalized spacial score (nSPS) is 10.7. The Morgan fingerprint density at radius 2 is 1.77 bits per heavy atom. The number of nitrogens with one attached hydrogen (secondary N) is 1. The smallest absolute Gasteiger partial charge is 0.262 e. The molecule has 0 unspecified atom stereocenters. The zero-order valence-corrected chi connectivity index (χ0v) is 17.0. The van der Waals surface area contributed by atoms with Gasteiger partial charge in [0.25, 0.3) is 5.91 Å². The number of oxazole rings is 1. The van der Waals surface area contributed by atoms with Gasteiger partial charge in [0, 0.05) is 11.8 Å². The van der Waals surface area contributed by atoms with Crippen LogP contribution in [0.5, 0.6) is 11.5 Å². The van der Waals surface area contributed by atoms with Crippen molar-refractivity contribution in [2.75, 3.05) is 18.5 Å². The molecule has 0 bridgehead atoms. The number of rotatable bonds is 7. The van der Waals surface area contributed by atoms with Crippen LogP contribution in [0.2, 0.25) is 5.02 Å². The number of hydrogen-bond donors (Lipinski definition) is 1. The number of benzene rings is 3. The number of ether oxygens (including phenoxy) is 2.